The second-order valence-corrected chi connectivity index (χ2v) is 12.3. The summed E-state index contributed by atoms with van der Waals surface area (Å²) in [4.78, 5) is 48.2. The molecule has 0 aliphatic carbocycles. The van der Waals surface area contributed by atoms with Gasteiger partial charge in [0.15, 0.2) is 0 Å². The van der Waals surface area contributed by atoms with E-state index in [1.165, 1.54) is 0 Å². The molecule has 1 spiro atoms. The van der Waals surface area contributed by atoms with Gasteiger partial charge < -0.3 is 29.3 Å². The van der Waals surface area contributed by atoms with Crippen molar-refractivity contribution in [3.8, 4) is 5.75 Å². The number of ether oxygens (including phenoxy) is 2. The lowest BCUT2D eigenvalue weighted by atomic mass is 9.70. The Hall–Kier alpha value is -3.17. The van der Waals surface area contributed by atoms with Gasteiger partial charge in [-0.1, -0.05) is 26.0 Å². The van der Waals surface area contributed by atoms with E-state index in [1.54, 1.807) is 26.9 Å². The summed E-state index contributed by atoms with van der Waals surface area (Å²) in [6, 6.07) is 5.63. The first kappa shape index (κ1) is 31.8. The number of aliphatic hydroxyl groups is 1. The highest BCUT2D eigenvalue weighted by atomic mass is 16.5. The van der Waals surface area contributed by atoms with Crippen molar-refractivity contribution in [1.29, 1.82) is 0 Å². The molecule has 2 bridgehead atoms. The van der Waals surface area contributed by atoms with Crippen molar-refractivity contribution in [3.05, 3.63) is 49.6 Å². The van der Waals surface area contributed by atoms with Crippen LogP contribution >= 0.6 is 0 Å². The maximum absolute atomic E-state index is 14.5. The SMILES string of the molecule is C=CCN(C(=O)[C@@H]1[C@H]2C(=O)N([C@@H](CO)CC(C)C)C(C(=O)N(CC=C)C(C)C)C23CC[C@H]1O3)c1ccc(OCC)cc1. The summed E-state index contributed by atoms with van der Waals surface area (Å²) in [5.74, 6) is -1.46. The van der Waals surface area contributed by atoms with Gasteiger partial charge in [0.1, 0.15) is 17.4 Å². The van der Waals surface area contributed by atoms with Gasteiger partial charge in [-0.3, -0.25) is 14.4 Å². The Balaban J connectivity index is 1.77. The largest absolute Gasteiger partial charge is 0.494 e. The van der Waals surface area contributed by atoms with E-state index in [0.29, 0.717) is 43.9 Å². The van der Waals surface area contributed by atoms with Gasteiger partial charge in [-0.25, -0.2) is 0 Å². The number of hydrogen-bond acceptors (Lipinski definition) is 6. The zero-order valence-corrected chi connectivity index (χ0v) is 25.7. The quantitative estimate of drug-likeness (QED) is 0.336. The molecule has 2 unspecified atom stereocenters. The van der Waals surface area contributed by atoms with Gasteiger partial charge in [0.05, 0.1) is 37.2 Å². The molecule has 9 nitrogen and oxygen atoms in total. The van der Waals surface area contributed by atoms with E-state index < -0.39 is 35.6 Å². The Bertz CT molecular complexity index is 1170. The molecule has 0 aromatic heterocycles. The topological polar surface area (TPSA) is 99.6 Å². The van der Waals surface area contributed by atoms with Crippen LogP contribution < -0.4 is 9.64 Å². The molecule has 6 atom stereocenters. The van der Waals surface area contributed by atoms with Crippen LogP contribution in [0.5, 0.6) is 5.75 Å². The molecule has 1 aromatic carbocycles. The summed E-state index contributed by atoms with van der Waals surface area (Å²) < 4.78 is 12.2. The Kier molecular flexibility index (Phi) is 9.83. The number of benzene rings is 1. The number of aliphatic hydroxyl groups excluding tert-OH is 1. The van der Waals surface area contributed by atoms with E-state index >= 15 is 0 Å². The molecule has 4 rings (SSSR count). The van der Waals surface area contributed by atoms with Crippen LogP contribution in [0.15, 0.2) is 49.6 Å². The van der Waals surface area contributed by atoms with Crippen LogP contribution in [0.25, 0.3) is 0 Å². The molecule has 9 heteroatoms. The van der Waals surface area contributed by atoms with Gasteiger partial charge in [-0.15, -0.1) is 13.2 Å². The molecule has 1 N–H and O–H groups in total. The van der Waals surface area contributed by atoms with E-state index in [-0.39, 0.29) is 42.8 Å². The summed E-state index contributed by atoms with van der Waals surface area (Å²) in [6.45, 7) is 18.3. The summed E-state index contributed by atoms with van der Waals surface area (Å²) in [7, 11) is 0. The predicted molar refractivity (Wildman–Crippen MR) is 162 cm³/mol. The molecule has 3 fully saturated rings. The summed E-state index contributed by atoms with van der Waals surface area (Å²) >= 11 is 0. The number of rotatable bonds is 14. The van der Waals surface area contributed by atoms with Crippen molar-refractivity contribution in [2.24, 2.45) is 17.8 Å². The summed E-state index contributed by atoms with van der Waals surface area (Å²) in [5, 5.41) is 10.5. The molecule has 3 amide bonds. The first-order chi connectivity index (χ1) is 20.1. The molecule has 42 heavy (non-hydrogen) atoms. The van der Waals surface area contributed by atoms with E-state index in [2.05, 4.69) is 13.2 Å². The van der Waals surface area contributed by atoms with E-state index in [9.17, 15) is 19.5 Å². The fraction of sp³-hybridized carbons (Fsp3) is 0.606. The summed E-state index contributed by atoms with van der Waals surface area (Å²) in [5.41, 5.74) is -0.476. The van der Waals surface area contributed by atoms with Gasteiger partial charge in [-0.05, 0) is 70.2 Å². The van der Waals surface area contributed by atoms with Crippen molar-refractivity contribution in [2.75, 3.05) is 31.2 Å². The number of carbonyl (C=O) groups excluding carboxylic acids is 3. The third-order valence-corrected chi connectivity index (χ3v) is 8.87. The van der Waals surface area contributed by atoms with E-state index in [4.69, 9.17) is 9.47 Å². The molecular formula is C33H47N3O6. The van der Waals surface area contributed by atoms with Gasteiger partial charge in [0, 0.05) is 24.8 Å². The van der Waals surface area contributed by atoms with Crippen LogP contribution in [-0.2, 0) is 19.1 Å². The van der Waals surface area contributed by atoms with Crippen molar-refractivity contribution < 1.29 is 29.0 Å². The lowest BCUT2D eigenvalue weighted by molar-refractivity contribution is -0.152. The number of hydrogen-bond donors (Lipinski definition) is 1. The summed E-state index contributed by atoms with van der Waals surface area (Å²) in [6.07, 6.45) is 4.44. The average Bonchev–Trinajstić information content (AvgIpc) is 3.60. The fourth-order valence-electron chi connectivity index (χ4n) is 7.24. The van der Waals surface area contributed by atoms with Crippen LogP contribution in [-0.4, -0.2) is 88.8 Å². The van der Waals surface area contributed by atoms with Crippen LogP contribution in [0.1, 0.15) is 53.9 Å². The lowest BCUT2D eigenvalue weighted by Crippen LogP contribution is -2.60. The Morgan fingerprint density at radius 3 is 2.36 bits per heavy atom. The first-order valence-corrected chi connectivity index (χ1v) is 15.2. The number of anilines is 1. The second-order valence-electron chi connectivity index (χ2n) is 12.3. The van der Waals surface area contributed by atoms with Crippen molar-refractivity contribution in [2.45, 2.75) is 83.7 Å². The maximum Gasteiger partial charge on any atom is 0.248 e. The minimum atomic E-state index is -1.14. The molecule has 0 radical (unpaired) electrons. The van der Waals surface area contributed by atoms with Crippen molar-refractivity contribution in [1.82, 2.24) is 9.80 Å². The van der Waals surface area contributed by atoms with Gasteiger partial charge in [0.25, 0.3) is 0 Å². The minimum Gasteiger partial charge on any atom is -0.494 e. The number of fused-ring (bicyclic) bond motifs is 1. The number of nitrogens with zero attached hydrogens (tertiary/aromatic N) is 3. The fourth-order valence-corrected chi connectivity index (χ4v) is 7.24. The molecule has 3 saturated heterocycles. The molecule has 0 saturated carbocycles. The van der Waals surface area contributed by atoms with Crippen molar-refractivity contribution >= 4 is 23.4 Å². The molecule has 1 aromatic rings. The molecule has 3 aliphatic heterocycles. The Morgan fingerprint density at radius 1 is 1.14 bits per heavy atom. The predicted octanol–water partition coefficient (Wildman–Crippen LogP) is 3.81. The smallest absolute Gasteiger partial charge is 0.248 e. The third-order valence-electron chi connectivity index (χ3n) is 8.87. The highest BCUT2D eigenvalue weighted by molar-refractivity contribution is 6.03. The first-order valence-electron chi connectivity index (χ1n) is 15.2. The van der Waals surface area contributed by atoms with Crippen LogP contribution in [0, 0.1) is 17.8 Å². The minimum absolute atomic E-state index is 0.139. The molecule has 3 heterocycles. The van der Waals surface area contributed by atoms with E-state index in [1.807, 2.05) is 58.9 Å². The third kappa shape index (κ3) is 5.49. The van der Waals surface area contributed by atoms with Crippen molar-refractivity contribution in [3.63, 3.8) is 0 Å². The zero-order valence-electron chi connectivity index (χ0n) is 25.7. The molecule has 230 valence electrons. The highest BCUT2D eigenvalue weighted by Gasteiger charge is 2.75. The monoisotopic (exact) mass is 581 g/mol. The number of carbonyl (C=O) groups is 3. The van der Waals surface area contributed by atoms with E-state index in [0.717, 1.165) is 0 Å². The average molecular weight is 582 g/mol. The van der Waals surface area contributed by atoms with Crippen LogP contribution in [0.4, 0.5) is 5.69 Å². The maximum atomic E-state index is 14.5. The Labute approximate surface area is 250 Å². The Morgan fingerprint density at radius 2 is 1.81 bits per heavy atom. The lowest BCUT2D eigenvalue weighted by Gasteiger charge is -2.40. The number of amides is 3. The zero-order chi connectivity index (χ0) is 30.8. The van der Waals surface area contributed by atoms with Gasteiger partial charge in [-0.2, -0.15) is 0 Å². The number of likely N-dealkylation sites (tertiary alicyclic amines) is 1. The highest BCUT2D eigenvalue weighted by Crippen LogP contribution is 2.59. The molecule has 3 aliphatic rings. The normalized spacial score (nSPS) is 26.9. The van der Waals surface area contributed by atoms with Crippen LogP contribution in [0.3, 0.4) is 0 Å². The van der Waals surface area contributed by atoms with Crippen LogP contribution in [0.2, 0.25) is 0 Å². The molecular weight excluding hydrogens is 534 g/mol. The van der Waals surface area contributed by atoms with Gasteiger partial charge >= 0.3 is 0 Å². The van der Waals surface area contributed by atoms with Gasteiger partial charge in [0.2, 0.25) is 17.7 Å². The standard InChI is InChI=1S/C33H47N3O6/c1-8-17-34(22(6)7)32(40)29-33-16-15-26(42-33)27(28(33)31(39)36(29)24(20-37)19-21(4)5)30(38)35(18-9-2)23-11-13-25(14-12-23)41-10-3/h8-9,11-14,21-22,24,26-29,37H,1-2,10,15-20H2,3-7H3/t24-,26-,27+,28+,29?,33?/m1/s1. The second kappa shape index (κ2) is 13.0.